The molecule has 0 saturated heterocycles. The van der Waals surface area contributed by atoms with E-state index in [4.69, 9.17) is 9.68 Å². The lowest BCUT2D eigenvalue weighted by molar-refractivity contribution is -0.0201. The first-order chi connectivity index (χ1) is 9.51. The first-order valence-corrected chi connectivity index (χ1v) is 7.49. The number of aliphatic hydroxyl groups is 1. The Labute approximate surface area is 118 Å². The van der Waals surface area contributed by atoms with E-state index in [1.807, 2.05) is 0 Å². The SMILES string of the molecule is CC(O)(C#N)c1nnc(C23CC4CC(CC(C4)C2)C3)o1. The van der Waals surface area contributed by atoms with Crippen molar-refractivity contribution in [2.45, 2.75) is 56.5 Å². The van der Waals surface area contributed by atoms with Gasteiger partial charge >= 0.3 is 0 Å². The molecule has 1 aromatic heterocycles. The number of hydrogen-bond donors (Lipinski definition) is 1. The van der Waals surface area contributed by atoms with Crippen LogP contribution in [0.25, 0.3) is 0 Å². The molecule has 4 aliphatic carbocycles. The minimum absolute atomic E-state index is 0.0194. The Morgan fingerprint density at radius 1 is 1.20 bits per heavy atom. The largest absolute Gasteiger partial charge is 0.420 e. The summed E-state index contributed by atoms with van der Waals surface area (Å²) in [4.78, 5) is 0. The summed E-state index contributed by atoms with van der Waals surface area (Å²) in [5.74, 6) is 3.09. The van der Waals surface area contributed by atoms with Crippen LogP contribution in [0, 0.1) is 29.1 Å². The third-order valence-electron chi connectivity index (χ3n) is 5.55. The van der Waals surface area contributed by atoms with E-state index in [2.05, 4.69) is 10.2 Å². The Kier molecular flexibility index (Phi) is 2.36. The molecule has 0 radical (unpaired) electrons. The summed E-state index contributed by atoms with van der Waals surface area (Å²) in [7, 11) is 0. The molecule has 106 valence electrons. The predicted octanol–water partition coefficient (Wildman–Crippen LogP) is 2.27. The zero-order valence-corrected chi connectivity index (χ0v) is 11.7. The fourth-order valence-electron chi connectivity index (χ4n) is 5.05. The van der Waals surface area contributed by atoms with Gasteiger partial charge in [-0.05, 0) is 63.2 Å². The average molecular weight is 273 g/mol. The second-order valence-corrected chi connectivity index (χ2v) is 7.29. The van der Waals surface area contributed by atoms with Crippen LogP contribution in [0.1, 0.15) is 57.2 Å². The highest BCUT2D eigenvalue weighted by molar-refractivity contribution is 5.16. The summed E-state index contributed by atoms with van der Waals surface area (Å²) in [5.41, 5.74) is -1.67. The highest BCUT2D eigenvalue weighted by atomic mass is 16.4. The minimum Gasteiger partial charge on any atom is -0.420 e. The van der Waals surface area contributed by atoms with Crippen molar-refractivity contribution in [1.29, 1.82) is 5.26 Å². The van der Waals surface area contributed by atoms with Gasteiger partial charge in [0.05, 0.1) is 0 Å². The van der Waals surface area contributed by atoms with Gasteiger partial charge in [0.2, 0.25) is 11.5 Å². The smallest absolute Gasteiger partial charge is 0.262 e. The number of aromatic nitrogens is 2. The molecular formula is C15H19N3O2. The van der Waals surface area contributed by atoms with E-state index in [1.165, 1.54) is 26.2 Å². The predicted molar refractivity (Wildman–Crippen MR) is 69.3 cm³/mol. The maximum atomic E-state index is 9.93. The molecule has 1 atom stereocenters. The molecule has 5 nitrogen and oxygen atoms in total. The molecule has 4 saturated carbocycles. The van der Waals surface area contributed by atoms with Gasteiger partial charge < -0.3 is 9.52 Å². The molecule has 1 heterocycles. The summed E-state index contributed by atoms with van der Waals surface area (Å²) in [6, 6.07) is 1.80. The normalized spacial score (nSPS) is 41.4. The third kappa shape index (κ3) is 1.64. The van der Waals surface area contributed by atoms with Crippen molar-refractivity contribution in [3.8, 4) is 6.07 Å². The third-order valence-corrected chi connectivity index (χ3v) is 5.55. The second kappa shape index (κ2) is 3.82. The van der Waals surface area contributed by atoms with Crippen LogP contribution in [0.5, 0.6) is 0 Å². The summed E-state index contributed by atoms with van der Waals surface area (Å²) < 4.78 is 5.73. The zero-order valence-electron chi connectivity index (χ0n) is 11.7. The van der Waals surface area contributed by atoms with Gasteiger partial charge in [0, 0.05) is 5.41 Å². The lowest BCUT2D eigenvalue weighted by atomic mass is 9.49. The Morgan fingerprint density at radius 3 is 2.25 bits per heavy atom. The van der Waals surface area contributed by atoms with E-state index in [1.54, 1.807) is 6.07 Å². The Hall–Kier alpha value is -1.41. The number of nitriles is 1. The fourth-order valence-corrected chi connectivity index (χ4v) is 5.05. The number of hydrogen-bond acceptors (Lipinski definition) is 5. The maximum absolute atomic E-state index is 9.93. The van der Waals surface area contributed by atoms with Crippen LogP contribution in [-0.2, 0) is 11.0 Å². The van der Waals surface area contributed by atoms with Crippen LogP contribution >= 0.6 is 0 Å². The monoisotopic (exact) mass is 273 g/mol. The summed E-state index contributed by atoms with van der Waals surface area (Å²) in [6.07, 6.45) is 7.47. The van der Waals surface area contributed by atoms with Gasteiger partial charge in [-0.1, -0.05) is 0 Å². The molecule has 5 rings (SSSR count). The fraction of sp³-hybridized carbons (Fsp3) is 0.800. The molecule has 0 spiro atoms. The van der Waals surface area contributed by atoms with Crippen LogP contribution in [0.15, 0.2) is 4.42 Å². The van der Waals surface area contributed by atoms with E-state index in [0.717, 1.165) is 37.0 Å². The average Bonchev–Trinajstić information content (AvgIpc) is 2.88. The van der Waals surface area contributed by atoms with Crippen molar-refractivity contribution in [3.05, 3.63) is 11.8 Å². The van der Waals surface area contributed by atoms with Crippen LogP contribution < -0.4 is 0 Å². The molecule has 0 amide bonds. The molecule has 4 fully saturated rings. The lowest BCUT2D eigenvalue weighted by Gasteiger charge is -2.55. The van der Waals surface area contributed by atoms with Crippen molar-refractivity contribution in [3.63, 3.8) is 0 Å². The highest BCUT2D eigenvalue weighted by Crippen LogP contribution is 2.60. The van der Waals surface area contributed by atoms with Crippen molar-refractivity contribution in [1.82, 2.24) is 10.2 Å². The Bertz CT molecular complexity index is 549. The van der Waals surface area contributed by atoms with Crippen molar-refractivity contribution in [2.24, 2.45) is 17.8 Å². The van der Waals surface area contributed by atoms with Crippen LogP contribution in [0.4, 0.5) is 0 Å². The molecule has 0 aromatic carbocycles. The maximum Gasteiger partial charge on any atom is 0.262 e. The van der Waals surface area contributed by atoms with Gasteiger partial charge in [-0.15, -0.1) is 10.2 Å². The van der Waals surface area contributed by atoms with Gasteiger partial charge in [-0.3, -0.25) is 0 Å². The minimum atomic E-state index is -1.69. The topological polar surface area (TPSA) is 82.9 Å². The molecule has 1 N–H and O–H groups in total. The first-order valence-electron chi connectivity index (χ1n) is 7.49. The molecule has 4 aliphatic rings. The molecular weight excluding hydrogens is 254 g/mol. The zero-order chi connectivity index (χ0) is 14.0. The lowest BCUT2D eigenvalue weighted by Crippen LogP contribution is -2.48. The number of rotatable bonds is 2. The molecule has 1 aromatic rings. The second-order valence-electron chi connectivity index (χ2n) is 7.29. The van der Waals surface area contributed by atoms with Gasteiger partial charge in [-0.2, -0.15) is 5.26 Å². The highest BCUT2D eigenvalue weighted by Gasteiger charge is 2.54. The standard InChI is InChI=1S/C15H19N3O2/c1-14(19,8-16)12-17-18-13(20-12)15-5-9-2-10(6-15)4-11(3-9)7-15/h9-11,19H,2-7H2,1H3. The van der Waals surface area contributed by atoms with Crippen molar-refractivity contribution < 1.29 is 9.52 Å². The molecule has 4 bridgehead atoms. The molecule has 5 heteroatoms. The summed E-state index contributed by atoms with van der Waals surface area (Å²) in [5, 5.41) is 27.0. The molecule has 1 unspecified atom stereocenters. The van der Waals surface area contributed by atoms with E-state index in [9.17, 15) is 5.11 Å². The van der Waals surface area contributed by atoms with Crippen LogP contribution in [0.3, 0.4) is 0 Å². The Morgan fingerprint density at radius 2 is 1.75 bits per heavy atom. The van der Waals surface area contributed by atoms with E-state index >= 15 is 0 Å². The quantitative estimate of drug-likeness (QED) is 0.836. The van der Waals surface area contributed by atoms with Gasteiger partial charge in [-0.25, -0.2) is 0 Å². The molecule has 20 heavy (non-hydrogen) atoms. The first kappa shape index (κ1) is 12.3. The van der Waals surface area contributed by atoms with E-state index in [0.29, 0.717) is 5.89 Å². The van der Waals surface area contributed by atoms with Crippen molar-refractivity contribution >= 4 is 0 Å². The van der Waals surface area contributed by atoms with E-state index < -0.39 is 5.60 Å². The van der Waals surface area contributed by atoms with Crippen molar-refractivity contribution in [2.75, 3.05) is 0 Å². The van der Waals surface area contributed by atoms with Gasteiger partial charge in [0.1, 0.15) is 6.07 Å². The van der Waals surface area contributed by atoms with Crippen LogP contribution in [0.2, 0.25) is 0 Å². The van der Waals surface area contributed by atoms with Gasteiger partial charge in [0.15, 0.2) is 0 Å². The molecule has 0 aliphatic heterocycles. The van der Waals surface area contributed by atoms with Gasteiger partial charge in [0.25, 0.3) is 5.89 Å². The van der Waals surface area contributed by atoms with Crippen LogP contribution in [-0.4, -0.2) is 15.3 Å². The number of nitrogens with zero attached hydrogens (tertiary/aromatic N) is 3. The van der Waals surface area contributed by atoms with E-state index in [-0.39, 0.29) is 11.3 Å². The Balaban J connectivity index is 1.70. The summed E-state index contributed by atoms with van der Waals surface area (Å²) >= 11 is 0. The summed E-state index contributed by atoms with van der Waals surface area (Å²) in [6.45, 7) is 1.39.